The summed E-state index contributed by atoms with van der Waals surface area (Å²) >= 11 is 5.43. The molecule has 0 saturated carbocycles. The zero-order valence-electron chi connectivity index (χ0n) is 9.37. The second-order valence-electron chi connectivity index (χ2n) is 4.34. The highest BCUT2D eigenvalue weighted by Crippen LogP contribution is 2.38. The molecule has 0 atom stereocenters. The summed E-state index contributed by atoms with van der Waals surface area (Å²) in [6.07, 6.45) is 3.01. The van der Waals surface area contributed by atoms with Crippen LogP contribution in [0.2, 0.25) is 0 Å². The van der Waals surface area contributed by atoms with Gasteiger partial charge in [0, 0.05) is 14.2 Å². The van der Waals surface area contributed by atoms with Crippen LogP contribution < -0.4 is 0 Å². The summed E-state index contributed by atoms with van der Waals surface area (Å²) in [6, 6.07) is 4.33. The molecule has 0 spiro atoms. The summed E-state index contributed by atoms with van der Waals surface area (Å²) in [6.45, 7) is 2.37. The van der Waals surface area contributed by atoms with Crippen molar-refractivity contribution < 1.29 is 0 Å². The molecule has 2 nitrogen and oxygen atoms in total. The van der Waals surface area contributed by atoms with Crippen LogP contribution in [0.15, 0.2) is 10.5 Å². The van der Waals surface area contributed by atoms with E-state index in [0.717, 1.165) is 0 Å². The molecule has 2 rings (SSSR count). The van der Waals surface area contributed by atoms with Crippen LogP contribution in [0, 0.1) is 11.3 Å². The molecule has 2 heterocycles. The van der Waals surface area contributed by atoms with Crippen LogP contribution in [-0.2, 0) is 6.42 Å². The van der Waals surface area contributed by atoms with Gasteiger partial charge >= 0.3 is 0 Å². The molecule has 1 aromatic rings. The van der Waals surface area contributed by atoms with Gasteiger partial charge in [0.05, 0.1) is 12.5 Å². The van der Waals surface area contributed by atoms with Crippen LogP contribution >= 0.6 is 27.3 Å². The molecule has 1 saturated heterocycles. The Balaban J connectivity index is 2.11. The SMILES string of the molecule is CN1CCC(c2sc(CC#N)cc2Br)CC1. The molecule has 1 aromatic heterocycles. The molecule has 0 unspecified atom stereocenters. The lowest BCUT2D eigenvalue weighted by Crippen LogP contribution is -2.29. The van der Waals surface area contributed by atoms with E-state index in [1.807, 2.05) is 0 Å². The molecule has 4 heteroatoms. The van der Waals surface area contributed by atoms with Gasteiger partial charge in [0.1, 0.15) is 0 Å². The molecule has 86 valence electrons. The van der Waals surface area contributed by atoms with Crippen LogP contribution in [0.4, 0.5) is 0 Å². The van der Waals surface area contributed by atoms with Gasteiger partial charge in [-0.3, -0.25) is 0 Å². The van der Waals surface area contributed by atoms with Crippen LogP contribution in [0.3, 0.4) is 0 Å². The Kier molecular flexibility index (Phi) is 4.01. The largest absolute Gasteiger partial charge is 0.306 e. The van der Waals surface area contributed by atoms with Gasteiger partial charge in [0.15, 0.2) is 0 Å². The smallest absolute Gasteiger partial charge is 0.0696 e. The second kappa shape index (κ2) is 5.31. The maximum absolute atomic E-state index is 8.70. The summed E-state index contributed by atoms with van der Waals surface area (Å²) in [5, 5.41) is 8.70. The zero-order chi connectivity index (χ0) is 11.5. The Labute approximate surface area is 109 Å². The number of hydrogen-bond acceptors (Lipinski definition) is 3. The highest BCUT2D eigenvalue weighted by Gasteiger charge is 2.22. The summed E-state index contributed by atoms with van der Waals surface area (Å²) in [4.78, 5) is 5.01. The third-order valence-electron chi connectivity index (χ3n) is 3.11. The summed E-state index contributed by atoms with van der Waals surface area (Å²) in [5.74, 6) is 0.683. The van der Waals surface area contributed by atoms with Gasteiger partial charge in [0.25, 0.3) is 0 Å². The maximum Gasteiger partial charge on any atom is 0.0696 e. The zero-order valence-corrected chi connectivity index (χ0v) is 11.8. The van der Waals surface area contributed by atoms with Crippen LogP contribution in [0.1, 0.15) is 28.5 Å². The number of thiophene rings is 1. The fourth-order valence-corrected chi connectivity index (χ4v) is 4.30. The number of nitrogens with zero attached hydrogens (tertiary/aromatic N) is 2. The third kappa shape index (κ3) is 2.65. The van der Waals surface area contributed by atoms with Gasteiger partial charge in [-0.25, -0.2) is 0 Å². The van der Waals surface area contributed by atoms with Crippen LogP contribution in [-0.4, -0.2) is 25.0 Å². The second-order valence-corrected chi connectivity index (χ2v) is 6.36. The van der Waals surface area contributed by atoms with Gasteiger partial charge in [-0.15, -0.1) is 11.3 Å². The molecule has 0 aromatic carbocycles. The molecule has 0 bridgehead atoms. The number of rotatable bonds is 2. The summed E-state index contributed by atoms with van der Waals surface area (Å²) in [5.41, 5.74) is 0. The van der Waals surface area contributed by atoms with E-state index in [4.69, 9.17) is 5.26 Å². The van der Waals surface area contributed by atoms with Gasteiger partial charge in [-0.1, -0.05) is 0 Å². The number of likely N-dealkylation sites (tertiary alicyclic amines) is 1. The standard InChI is InChI=1S/C12H15BrN2S/c1-15-6-3-9(4-7-15)12-11(13)8-10(16-12)2-5-14/h8-9H,2-4,6-7H2,1H3. The van der Waals surface area contributed by atoms with E-state index < -0.39 is 0 Å². The number of nitriles is 1. The van der Waals surface area contributed by atoms with Crippen molar-refractivity contribution in [2.45, 2.75) is 25.2 Å². The van der Waals surface area contributed by atoms with Crippen molar-refractivity contribution >= 4 is 27.3 Å². The molecule has 16 heavy (non-hydrogen) atoms. The number of piperidine rings is 1. The first-order valence-electron chi connectivity index (χ1n) is 5.54. The lowest BCUT2D eigenvalue weighted by molar-refractivity contribution is 0.256. The molecular weight excluding hydrogens is 284 g/mol. The van der Waals surface area contributed by atoms with Gasteiger partial charge in [-0.2, -0.15) is 5.26 Å². The minimum Gasteiger partial charge on any atom is -0.306 e. The average molecular weight is 299 g/mol. The molecule has 0 aliphatic carbocycles. The lowest BCUT2D eigenvalue weighted by Gasteiger charge is -2.28. The van der Waals surface area contributed by atoms with Crippen molar-refractivity contribution in [3.63, 3.8) is 0 Å². The molecule has 1 aliphatic heterocycles. The van der Waals surface area contributed by atoms with E-state index in [2.05, 4.69) is 40.0 Å². The Bertz CT molecular complexity index is 400. The minimum atomic E-state index is 0.538. The Morgan fingerprint density at radius 3 is 2.88 bits per heavy atom. The van der Waals surface area contributed by atoms with E-state index >= 15 is 0 Å². The first-order chi connectivity index (χ1) is 7.70. The van der Waals surface area contributed by atoms with Gasteiger partial charge in [-0.05, 0) is 60.9 Å². The van der Waals surface area contributed by atoms with E-state index in [-0.39, 0.29) is 0 Å². The van der Waals surface area contributed by atoms with E-state index in [0.29, 0.717) is 12.3 Å². The Morgan fingerprint density at radius 1 is 1.56 bits per heavy atom. The summed E-state index contributed by atoms with van der Waals surface area (Å²) < 4.78 is 1.21. The van der Waals surface area contributed by atoms with Gasteiger partial charge in [0.2, 0.25) is 0 Å². The van der Waals surface area contributed by atoms with Crippen molar-refractivity contribution in [3.05, 3.63) is 20.3 Å². The summed E-state index contributed by atoms with van der Waals surface area (Å²) in [7, 11) is 2.18. The Hall–Kier alpha value is -0.370. The predicted octanol–water partition coefficient (Wildman–Crippen LogP) is 3.39. The van der Waals surface area contributed by atoms with E-state index in [1.165, 1.54) is 40.2 Å². The molecule has 0 N–H and O–H groups in total. The fourth-order valence-electron chi connectivity index (χ4n) is 2.15. The lowest BCUT2D eigenvalue weighted by atomic mass is 9.96. The highest BCUT2D eigenvalue weighted by atomic mass is 79.9. The predicted molar refractivity (Wildman–Crippen MR) is 70.8 cm³/mol. The fraction of sp³-hybridized carbons (Fsp3) is 0.583. The molecule has 0 radical (unpaired) electrons. The number of hydrogen-bond donors (Lipinski definition) is 0. The van der Waals surface area contributed by atoms with Crippen LogP contribution in [0.5, 0.6) is 0 Å². The first-order valence-corrected chi connectivity index (χ1v) is 7.15. The topological polar surface area (TPSA) is 27.0 Å². The first kappa shape index (κ1) is 12.1. The van der Waals surface area contributed by atoms with Crippen molar-refractivity contribution in [1.29, 1.82) is 5.26 Å². The van der Waals surface area contributed by atoms with Crippen molar-refractivity contribution in [2.75, 3.05) is 20.1 Å². The third-order valence-corrected chi connectivity index (χ3v) is 5.32. The Morgan fingerprint density at radius 2 is 2.25 bits per heavy atom. The van der Waals surface area contributed by atoms with E-state index in [1.54, 1.807) is 11.3 Å². The monoisotopic (exact) mass is 298 g/mol. The van der Waals surface area contributed by atoms with Crippen molar-refractivity contribution in [1.82, 2.24) is 4.90 Å². The van der Waals surface area contributed by atoms with Crippen molar-refractivity contribution in [3.8, 4) is 6.07 Å². The quantitative estimate of drug-likeness (QED) is 0.837. The molecule has 1 fully saturated rings. The van der Waals surface area contributed by atoms with E-state index in [9.17, 15) is 0 Å². The molecule has 0 amide bonds. The molecule has 1 aliphatic rings. The normalized spacial score (nSPS) is 18.6. The van der Waals surface area contributed by atoms with Crippen molar-refractivity contribution in [2.24, 2.45) is 0 Å². The molecular formula is C12H15BrN2S. The highest BCUT2D eigenvalue weighted by molar-refractivity contribution is 9.10. The maximum atomic E-state index is 8.70. The van der Waals surface area contributed by atoms with Gasteiger partial charge < -0.3 is 4.90 Å². The minimum absolute atomic E-state index is 0.538. The number of halogens is 1. The van der Waals surface area contributed by atoms with Crippen LogP contribution in [0.25, 0.3) is 0 Å². The average Bonchev–Trinajstić information content (AvgIpc) is 2.61.